The van der Waals surface area contributed by atoms with Crippen LogP contribution in [0.3, 0.4) is 0 Å². The highest BCUT2D eigenvalue weighted by Gasteiger charge is 2.27. The molecule has 0 saturated heterocycles. The summed E-state index contributed by atoms with van der Waals surface area (Å²) in [5.74, 6) is 0.660. The van der Waals surface area contributed by atoms with Gasteiger partial charge < -0.3 is 15.2 Å². The number of nitrogens with two attached hydrogens (primary N) is 1. The Morgan fingerprint density at radius 2 is 2.20 bits per heavy atom. The summed E-state index contributed by atoms with van der Waals surface area (Å²) in [6, 6.07) is 8.58. The van der Waals surface area contributed by atoms with E-state index >= 15 is 0 Å². The van der Waals surface area contributed by atoms with Crippen molar-refractivity contribution in [2.45, 2.75) is 32.4 Å². The third kappa shape index (κ3) is 3.96. The van der Waals surface area contributed by atoms with Gasteiger partial charge in [-0.2, -0.15) is 0 Å². The molecule has 1 amide bonds. The van der Waals surface area contributed by atoms with Crippen molar-refractivity contribution in [1.82, 2.24) is 4.90 Å². The average molecular weight is 360 g/mol. The maximum Gasteiger partial charge on any atom is 0.255 e. The summed E-state index contributed by atoms with van der Waals surface area (Å²) in [4.78, 5) is 14.9. The zero-order chi connectivity index (χ0) is 17.8. The fourth-order valence-electron chi connectivity index (χ4n) is 3.43. The number of fused-ring (bicyclic) bond motifs is 1. The van der Waals surface area contributed by atoms with E-state index in [-0.39, 0.29) is 6.61 Å². The molecular weight excluding hydrogens is 336 g/mol. The predicted octanol–water partition coefficient (Wildman–Crippen LogP) is 3.13. The highest BCUT2D eigenvalue weighted by atomic mass is 32.1. The third-order valence-electron chi connectivity index (χ3n) is 4.58. The first-order valence-corrected chi connectivity index (χ1v) is 9.38. The number of carbonyl (C=O) groups excluding carboxylic acids is 1. The molecule has 0 bridgehead atoms. The lowest BCUT2D eigenvalue weighted by molar-refractivity contribution is -0.119. The summed E-state index contributed by atoms with van der Waals surface area (Å²) < 4.78 is 10.8. The second-order valence-corrected chi connectivity index (χ2v) is 7.18. The SMILES string of the molecule is CC[C@H]1c2ccsc2CCN1Cc1ccc(OCC(N)=O)c(OC)c1. The molecule has 3 rings (SSSR count). The number of hydrogen-bond donors (Lipinski definition) is 1. The van der Waals surface area contributed by atoms with Crippen molar-refractivity contribution in [3.05, 3.63) is 45.6 Å². The van der Waals surface area contributed by atoms with E-state index in [1.165, 1.54) is 16.0 Å². The van der Waals surface area contributed by atoms with Crippen LogP contribution in [0.4, 0.5) is 0 Å². The van der Waals surface area contributed by atoms with Gasteiger partial charge in [-0.15, -0.1) is 11.3 Å². The molecule has 0 aliphatic carbocycles. The Morgan fingerprint density at radius 1 is 1.36 bits per heavy atom. The van der Waals surface area contributed by atoms with Crippen molar-refractivity contribution in [1.29, 1.82) is 0 Å². The van der Waals surface area contributed by atoms with E-state index in [2.05, 4.69) is 23.3 Å². The number of nitrogens with zero attached hydrogens (tertiary/aromatic N) is 1. The van der Waals surface area contributed by atoms with Gasteiger partial charge in [0.05, 0.1) is 7.11 Å². The molecule has 2 heterocycles. The number of rotatable bonds is 7. The fraction of sp³-hybridized carbons (Fsp3) is 0.421. The Hall–Kier alpha value is -2.05. The van der Waals surface area contributed by atoms with Gasteiger partial charge in [-0.25, -0.2) is 0 Å². The zero-order valence-corrected chi connectivity index (χ0v) is 15.5. The molecular formula is C19H24N2O3S. The normalized spacial score (nSPS) is 17.1. The van der Waals surface area contributed by atoms with Crippen LogP contribution in [0.25, 0.3) is 0 Å². The van der Waals surface area contributed by atoms with E-state index < -0.39 is 5.91 Å². The first-order chi connectivity index (χ1) is 12.1. The Morgan fingerprint density at radius 3 is 2.92 bits per heavy atom. The average Bonchev–Trinajstić information content (AvgIpc) is 3.09. The maximum absolute atomic E-state index is 10.9. The van der Waals surface area contributed by atoms with Crippen LogP contribution in [0.15, 0.2) is 29.6 Å². The Kier molecular flexibility index (Phi) is 5.60. The summed E-state index contributed by atoms with van der Waals surface area (Å²) in [7, 11) is 1.60. The Balaban J connectivity index is 1.75. The minimum absolute atomic E-state index is 0.152. The van der Waals surface area contributed by atoms with Crippen LogP contribution in [0, 0.1) is 0 Å². The zero-order valence-electron chi connectivity index (χ0n) is 14.7. The van der Waals surface area contributed by atoms with Gasteiger partial charge in [0.2, 0.25) is 0 Å². The molecule has 1 atom stereocenters. The van der Waals surface area contributed by atoms with Crippen LogP contribution in [0.2, 0.25) is 0 Å². The molecule has 134 valence electrons. The first kappa shape index (κ1) is 17.8. The van der Waals surface area contributed by atoms with Crippen molar-refractivity contribution in [2.75, 3.05) is 20.3 Å². The lowest BCUT2D eigenvalue weighted by atomic mass is 9.97. The molecule has 6 heteroatoms. The van der Waals surface area contributed by atoms with Crippen LogP contribution in [-0.2, 0) is 17.8 Å². The predicted molar refractivity (Wildman–Crippen MR) is 99.1 cm³/mol. The smallest absolute Gasteiger partial charge is 0.255 e. The van der Waals surface area contributed by atoms with E-state index in [1.54, 1.807) is 7.11 Å². The minimum Gasteiger partial charge on any atom is -0.493 e. The topological polar surface area (TPSA) is 64.8 Å². The summed E-state index contributed by atoms with van der Waals surface area (Å²) >= 11 is 1.87. The van der Waals surface area contributed by atoms with Gasteiger partial charge in [0, 0.05) is 24.0 Å². The minimum atomic E-state index is -0.503. The summed E-state index contributed by atoms with van der Waals surface area (Å²) in [5.41, 5.74) is 7.78. The molecule has 0 spiro atoms. The standard InChI is InChI=1S/C19H24N2O3S/c1-3-15-14-7-9-25-18(14)6-8-21(15)11-13-4-5-16(17(10-13)23-2)24-12-19(20)22/h4-5,7,9-10,15H,3,6,8,11-12H2,1-2H3,(H2,20,22)/t15-/m0/s1. The monoisotopic (exact) mass is 360 g/mol. The molecule has 2 aromatic rings. The highest BCUT2D eigenvalue weighted by molar-refractivity contribution is 7.10. The number of methoxy groups -OCH3 is 1. The van der Waals surface area contributed by atoms with Crippen LogP contribution in [0.5, 0.6) is 11.5 Å². The van der Waals surface area contributed by atoms with E-state index in [0.717, 1.165) is 25.9 Å². The Bertz CT molecular complexity index is 744. The van der Waals surface area contributed by atoms with Gasteiger partial charge in [-0.1, -0.05) is 13.0 Å². The summed E-state index contributed by atoms with van der Waals surface area (Å²) in [6.45, 7) is 4.01. The van der Waals surface area contributed by atoms with Crippen molar-refractivity contribution in [3.8, 4) is 11.5 Å². The lowest BCUT2D eigenvalue weighted by Gasteiger charge is -2.35. The van der Waals surface area contributed by atoms with E-state index in [9.17, 15) is 4.79 Å². The number of hydrogen-bond acceptors (Lipinski definition) is 5. The molecule has 0 unspecified atom stereocenters. The maximum atomic E-state index is 10.9. The number of primary amides is 1. The van der Waals surface area contributed by atoms with Gasteiger partial charge >= 0.3 is 0 Å². The molecule has 1 aromatic heterocycles. The number of carbonyl (C=O) groups is 1. The number of thiophene rings is 1. The molecule has 0 fully saturated rings. The largest absolute Gasteiger partial charge is 0.493 e. The Labute approximate surface area is 152 Å². The van der Waals surface area contributed by atoms with Gasteiger partial charge in [0.15, 0.2) is 18.1 Å². The van der Waals surface area contributed by atoms with Crippen LogP contribution in [-0.4, -0.2) is 31.1 Å². The molecule has 0 radical (unpaired) electrons. The number of benzene rings is 1. The van der Waals surface area contributed by atoms with Crippen molar-refractivity contribution < 1.29 is 14.3 Å². The third-order valence-corrected chi connectivity index (χ3v) is 5.57. The molecule has 25 heavy (non-hydrogen) atoms. The fourth-order valence-corrected chi connectivity index (χ4v) is 4.36. The van der Waals surface area contributed by atoms with Gasteiger partial charge in [-0.05, 0) is 47.5 Å². The van der Waals surface area contributed by atoms with Crippen LogP contribution < -0.4 is 15.2 Å². The van der Waals surface area contributed by atoms with E-state index in [1.807, 2.05) is 29.5 Å². The quantitative estimate of drug-likeness (QED) is 0.824. The van der Waals surface area contributed by atoms with Crippen molar-refractivity contribution >= 4 is 17.2 Å². The van der Waals surface area contributed by atoms with E-state index in [0.29, 0.717) is 17.5 Å². The van der Waals surface area contributed by atoms with Gasteiger partial charge in [0.1, 0.15) is 0 Å². The lowest BCUT2D eigenvalue weighted by Crippen LogP contribution is -2.33. The van der Waals surface area contributed by atoms with Gasteiger partial charge in [0.25, 0.3) is 5.91 Å². The molecule has 1 aliphatic rings. The molecule has 0 saturated carbocycles. The molecule has 1 aromatic carbocycles. The van der Waals surface area contributed by atoms with E-state index in [4.69, 9.17) is 15.2 Å². The van der Waals surface area contributed by atoms with Crippen molar-refractivity contribution in [2.24, 2.45) is 5.73 Å². The number of ether oxygens (including phenoxy) is 2. The molecule has 1 aliphatic heterocycles. The molecule has 2 N–H and O–H groups in total. The van der Waals surface area contributed by atoms with Crippen LogP contribution in [0.1, 0.15) is 35.4 Å². The summed E-state index contributed by atoms with van der Waals surface area (Å²) in [5, 5.41) is 2.20. The second kappa shape index (κ2) is 7.89. The highest BCUT2D eigenvalue weighted by Crippen LogP contribution is 2.37. The first-order valence-electron chi connectivity index (χ1n) is 8.50. The van der Waals surface area contributed by atoms with Gasteiger partial charge in [-0.3, -0.25) is 9.69 Å². The molecule has 5 nitrogen and oxygen atoms in total. The summed E-state index contributed by atoms with van der Waals surface area (Å²) in [6.07, 6.45) is 2.21. The van der Waals surface area contributed by atoms with Crippen LogP contribution >= 0.6 is 11.3 Å². The van der Waals surface area contributed by atoms with Crippen molar-refractivity contribution in [3.63, 3.8) is 0 Å². The second-order valence-electron chi connectivity index (χ2n) is 6.18. The number of amides is 1.